The van der Waals surface area contributed by atoms with E-state index in [4.69, 9.17) is 0 Å². The number of nitrogens with one attached hydrogen (secondary N) is 3. The first-order chi connectivity index (χ1) is 7.42. The van der Waals surface area contributed by atoms with E-state index in [-0.39, 0.29) is 0 Å². The van der Waals surface area contributed by atoms with Crippen molar-refractivity contribution >= 4 is 16.6 Å². The molecule has 0 aliphatic carbocycles. The van der Waals surface area contributed by atoms with Crippen LogP contribution in [0.1, 0.15) is 6.42 Å². The van der Waals surface area contributed by atoms with Crippen molar-refractivity contribution in [3.63, 3.8) is 0 Å². The molecular formula is C12H17N3. The van der Waals surface area contributed by atoms with Gasteiger partial charge in [-0.3, -0.25) is 0 Å². The highest BCUT2D eigenvalue weighted by atomic mass is 14.9. The second-order valence-corrected chi connectivity index (χ2v) is 3.63. The molecule has 0 aliphatic heterocycles. The molecule has 2 rings (SSSR count). The Morgan fingerprint density at radius 3 is 2.93 bits per heavy atom. The van der Waals surface area contributed by atoms with Gasteiger partial charge >= 0.3 is 0 Å². The van der Waals surface area contributed by atoms with Gasteiger partial charge in [0, 0.05) is 23.6 Å². The Kier molecular flexibility index (Phi) is 3.25. The van der Waals surface area contributed by atoms with Gasteiger partial charge in [0.1, 0.15) is 0 Å². The first kappa shape index (κ1) is 10.1. The molecule has 0 saturated heterocycles. The fraction of sp³-hybridized carbons (Fsp3) is 0.333. The van der Waals surface area contributed by atoms with Crippen LogP contribution >= 0.6 is 0 Å². The second-order valence-electron chi connectivity index (χ2n) is 3.63. The van der Waals surface area contributed by atoms with E-state index in [2.05, 4.69) is 33.8 Å². The van der Waals surface area contributed by atoms with Crippen LogP contribution in [0.4, 0.5) is 5.69 Å². The number of anilines is 1. The summed E-state index contributed by atoms with van der Waals surface area (Å²) < 4.78 is 0. The Labute approximate surface area is 89.9 Å². The van der Waals surface area contributed by atoms with Gasteiger partial charge < -0.3 is 15.6 Å². The molecule has 15 heavy (non-hydrogen) atoms. The van der Waals surface area contributed by atoms with Gasteiger partial charge in [-0.1, -0.05) is 18.2 Å². The molecule has 1 heterocycles. The standard InChI is InChI=1S/C12H17N3/c1-13-7-4-8-14-12-9-15-11-6-3-2-5-10(11)12/h2-3,5-6,9,13-15H,4,7-8H2,1H3. The Bertz CT molecular complexity index is 419. The van der Waals surface area contributed by atoms with E-state index in [1.165, 1.54) is 16.6 Å². The number of H-pyrrole nitrogens is 1. The summed E-state index contributed by atoms with van der Waals surface area (Å²) in [5, 5.41) is 7.83. The first-order valence-electron chi connectivity index (χ1n) is 5.36. The maximum absolute atomic E-state index is 3.43. The molecule has 0 spiro atoms. The lowest BCUT2D eigenvalue weighted by molar-refractivity contribution is 0.748. The minimum atomic E-state index is 1.00. The third-order valence-electron chi connectivity index (χ3n) is 2.51. The summed E-state index contributed by atoms with van der Waals surface area (Å²) in [5.74, 6) is 0. The SMILES string of the molecule is CNCCCNc1c[nH]c2ccccc12. The molecule has 0 radical (unpaired) electrons. The maximum Gasteiger partial charge on any atom is 0.0597 e. The Hall–Kier alpha value is -1.48. The third-order valence-corrected chi connectivity index (χ3v) is 2.51. The van der Waals surface area contributed by atoms with E-state index >= 15 is 0 Å². The fourth-order valence-corrected chi connectivity index (χ4v) is 1.71. The van der Waals surface area contributed by atoms with E-state index in [0.717, 1.165) is 19.5 Å². The Balaban J connectivity index is 2.02. The van der Waals surface area contributed by atoms with Crippen LogP contribution in [0.3, 0.4) is 0 Å². The van der Waals surface area contributed by atoms with Crippen molar-refractivity contribution in [1.29, 1.82) is 0 Å². The van der Waals surface area contributed by atoms with Crippen LogP contribution in [-0.2, 0) is 0 Å². The first-order valence-corrected chi connectivity index (χ1v) is 5.36. The number of para-hydroxylation sites is 1. The molecule has 0 saturated carbocycles. The molecule has 3 N–H and O–H groups in total. The van der Waals surface area contributed by atoms with Gasteiger partial charge in [-0.25, -0.2) is 0 Å². The zero-order chi connectivity index (χ0) is 10.5. The molecule has 1 aromatic heterocycles. The number of benzene rings is 1. The second kappa shape index (κ2) is 4.84. The predicted octanol–water partition coefficient (Wildman–Crippen LogP) is 2.19. The van der Waals surface area contributed by atoms with Crippen LogP contribution < -0.4 is 10.6 Å². The number of rotatable bonds is 5. The van der Waals surface area contributed by atoms with Gasteiger partial charge in [-0.2, -0.15) is 0 Å². The van der Waals surface area contributed by atoms with E-state index < -0.39 is 0 Å². The van der Waals surface area contributed by atoms with Crippen LogP contribution in [0, 0.1) is 0 Å². The minimum Gasteiger partial charge on any atom is -0.383 e. The van der Waals surface area contributed by atoms with Crippen molar-refractivity contribution in [1.82, 2.24) is 10.3 Å². The molecular weight excluding hydrogens is 186 g/mol. The molecule has 80 valence electrons. The van der Waals surface area contributed by atoms with Gasteiger partial charge in [0.2, 0.25) is 0 Å². The number of fused-ring (bicyclic) bond motifs is 1. The van der Waals surface area contributed by atoms with Gasteiger partial charge in [-0.15, -0.1) is 0 Å². The highest BCUT2D eigenvalue weighted by Gasteiger charge is 2.00. The quantitative estimate of drug-likeness (QED) is 0.652. The average molecular weight is 203 g/mol. The molecule has 0 atom stereocenters. The van der Waals surface area contributed by atoms with E-state index in [1.54, 1.807) is 0 Å². The van der Waals surface area contributed by atoms with Gasteiger partial charge in [0.05, 0.1) is 5.69 Å². The normalized spacial score (nSPS) is 10.7. The average Bonchev–Trinajstić information content (AvgIpc) is 2.68. The van der Waals surface area contributed by atoms with E-state index in [0.29, 0.717) is 0 Å². The van der Waals surface area contributed by atoms with Gasteiger partial charge in [0.15, 0.2) is 0 Å². The van der Waals surface area contributed by atoms with Crippen molar-refractivity contribution in [2.75, 3.05) is 25.5 Å². The monoisotopic (exact) mass is 203 g/mol. The predicted molar refractivity (Wildman–Crippen MR) is 65.3 cm³/mol. The van der Waals surface area contributed by atoms with Crippen molar-refractivity contribution < 1.29 is 0 Å². The third kappa shape index (κ3) is 2.30. The van der Waals surface area contributed by atoms with Crippen molar-refractivity contribution in [3.05, 3.63) is 30.5 Å². The van der Waals surface area contributed by atoms with E-state index in [9.17, 15) is 0 Å². The number of aromatic amines is 1. The van der Waals surface area contributed by atoms with Crippen LogP contribution in [0.5, 0.6) is 0 Å². The van der Waals surface area contributed by atoms with Crippen LogP contribution in [0.25, 0.3) is 10.9 Å². The lowest BCUT2D eigenvalue weighted by Crippen LogP contribution is -2.12. The van der Waals surface area contributed by atoms with Crippen molar-refractivity contribution in [3.8, 4) is 0 Å². The minimum absolute atomic E-state index is 1.00. The van der Waals surface area contributed by atoms with Crippen LogP contribution in [0.2, 0.25) is 0 Å². The summed E-state index contributed by atoms with van der Waals surface area (Å²) >= 11 is 0. The summed E-state index contributed by atoms with van der Waals surface area (Å²) in [6, 6.07) is 8.33. The van der Waals surface area contributed by atoms with Gasteiger partial charge in [-0.05, 0) is 26.1 Å². The lowest BCUT2D eigenvalue weighted by Gasteiger charge is -2.04. The van der Waals surface area contributed by atoms with Crippen molar-refractivity contribution in [2.45, 2.75) is 6.42 Å². The molecule has 3 nitrogen and oxygen atoms in total. The molecule has 3 heteroatoms. The Morgan fingerprint density at radius 2 is 2.07 bits per heavy atom. The molecule has 2 aromatic rings. The lowest BCUT2D eigenvalue weighted by atomic mass is 10.2. The smallest absolute Gasteiger partial charge is 0.0597 e. The number of aromatic nitrogens is 1. The zero-order valence-corrected chi connectivity index (χ0v) is 9.01. The summed E-state index contributed by atoms with van der Waals surface area (Å²) in [7, 11) is 1.98. The fourth-order valence-electron chi connectivity index (χ4n) is 1.71. The molecule has 0 amide bonds. The molecule has 1 aromatic carbocycles. The summed E-state index contributed by atoms with van der Waals surface area (Å²) in [6.07, 6.45) is 3.17. The zero-order valence-electron chi connectivity index (χ0n) is 9.01. The summed E-state index contributed by atoms with van der Waals surface area (Å²) in [4.78, 5) is 3.25. The molecule has 0 aliphatic rings. The summed E-state index contributed by atoms with van der Waals surface area (Å²) in [6.45, 7) is 2.05. The summed E-state index contributed by atoms with van der Waals surface area (Å²) in [5.41, 5.74) is 2.38. The molecule has 0 bridgehead atoms. The topological polar surface area (TPSA) is 39.8 Å². The Morgan fingerprint density at radius 1 is 1.20 bits per heavy atom. The van der Waals surface area contributed by atoms with Crippen molar-refractivity contribution in [2.24, 2.45) is 0 Å². The molecule has 0 unspecified atom stereocenters. The highest BCUT2D eigenvalue weighted by molar-refractivity contribution is 5.92. The maximum atomic E-state index is 3.43. The number of hydrogen-bond acceptors (Lipinski definition) is 2. The molecule has 0 fully saturated rings. The largest absolute Gasteiger partial charge is 0.383 e. The van der Waals surface area contributed by atoms with E-state index in [1.807, 2.05) is 19.3 Å². The van der Waals surface area contributed by atoms with Gasteiger partial charge in [0.25, 0.3) is 0 Å². The van der Waals surface area contributed by atoms with Crippen LogP contribution in [0.15, 0.2) is 30.5 Å². The van der Waals surface area contributed by atoms with Crippen LogP contribution in [-0.4, -0.2) is 25.1 Å². The highest BCUT2D eigenvalue weighted by Crippen LogP contribution is 2.21. The number of hydrogen-bond donors (Lipinski definition) is 3.